The van der Waals surface area contributed by atoms with E-state index < -0.39 is 25.1 Å². The summed E-state index contributed by atoms with van der Waals surface area (Å²) in [5.41, 5.74) is 0.608. The molecule has 0 aromatic carbocycles. The molecular formula is C10H16N2O5. The van der Waals surface area contributed by atoms with Crippen molar-refractivity contribution in [3.63, 3.8) is 0 Å². The molecule has 7 nitrogen and oxygen atoms in total. The third-order valence-electron chi connectivity index (χ3n) is 2.22. The molecule has 1 heterocycles. The van der Waals surface area contributed by atoms with E-state index in [0.717, 1.165) is 0 Å². The lowest BCUT2D eigenvalue weighted by molar-refractivity contribution is -0.0449. The number of aryl methyl sites for hydroxylation is 1. The molecule has 1 rings (SSSR count). The highest BCUT2D eigenvalue weighted by molar-refractivity contribution is 5.07. The topological polar surface area (TPSA) is 127 Å². The van der Waals surface area contributed by atoms with Gasteiger partial charge in [0.05, 0.1) is 24.2 Å². The van der Waals surface area contributed by atoms with Crippen molar-refractivity contribution >= 4 is 0 Å². The Labute approximate surface area is 98.0 Å². The van der Waals surface area contributed by atoms with Crippen molar-refractivity contribution in [1.82, 2.24) is 9.97 Å². The van der Waals surface area contributed by atoms with Crippen LogP contribution in [0.3, 0.4) is 0 Å². The molecule has 0 bridgehead atoms. The third-order valence-corrected chi connectivity index (χ3v) is 2.22. The van der Waals surface area contributed by atoms with E-state index >= 15 is 0 Å². The summed E-state index contributed by atoms with van der Waals surface area (Å²) in [6.45, 7) is -0.581. The van der Waals surface area contributed by atoms with Gasteiger partial charge in [-0.3, -0.25) is 9.97 Å². The van der Waals surface area contributed by atoms with E-state index in [1.807, 2.05) is 0 Å². The van der Waals surface area contributed by atoms with E-state index in [9.17, 15) is 10.2 Å². The molecule has 0 saturated heterocycles. The summed E-state index contributed by atoms with van der Waals surface area (Å²) in [6, 6.07) is 0. The quantitative estimate of drug-likeness (QED) is 0.370. The van der Waals surface area contributed by atoms with Crippen LogP contribution in [0.4, 0.5) is 0 Å². The first-order valence-corrected chi connectivity index (χ1v) is 5.18. The van der Waals surface area contributed by atoms with Gasteiger partial charge in [-0.05, 0) is 6.42 Å². The highest BCUT2D eigenvalue weighted by Gasteiger charge is 2.19. The molecule has 0 fully saturated rings. The molecule has 0 aliphatic carbocycles. The summed E-state index contributed by atoms with van der Waals surface area (Å²) < 4.78 is 0. The van der Waals surface area contributed by atoms with Crippen LogP contribution in [0.5, 0.6) is 0 Å². The van der Waals surface area contributed by atoms with Crippen molar-refractivity contribution in [2.75, 3.05) is 6.61 Å². The first kappa shape index (κ1) is 13.9. The van der Waals surface area contributed by atoms with Crippen LogP contribution in [0.15, 0.2) is 12.4 Å². The van der Waals surface area contributed by atoms with Gasteiger partial charge in [-0.2, -0.15) is 0 Å². The van der Waals surface area contributed by atoms with Crippen LogP contribution in [0.25, 0.3) is 0 Å². The number of aliphatic hydroxyl groups is 5. The molecule has 17 heavy (non-hydrogen) atoms. The van der Waals surface area contributed by atoms with Gasteiger partial charge in [0, 0.05) is 12.6 Å². The predicted molar refractivity (Wildman–Crippen MR) is 56.6 cm³/mol. The smallest absolute Gasteiger partial charge is 0.151 e. The Balaban J connectivity index is 2.71. The molecule has 1 aromatic rings. The minimum absolute atomic E-state index is 0.108. The van der Waals surface area contributed by atoms with E-state index in [1.165, 1.54) is 12.4 Å². The van der Waals surface area contributed by atoms with Crippen LogP contribution in [-0.2, 0) is 6.42 Å². The average Bonchev–Trinajstić information content (AvgIpc) is 2.34. The minimum atomic E-state index is -1.42. The summed E-state index contributed by atoms with van der Waals surface area (Å²) >= 11 is 0. The second kappa shape index (κ2) is 6.58. The lowest BCUT2D eigenvalue weighted by Gasteiger charge is -2.15. The maximum atomic E-state index is 9.58. The number of hydrogen-bond acceptors (Lipinski definition) is 7. The Bertz CT molecular complexity index is 347. The summed E-state index contributed by atoms with van der Waals surface area (Å²) in [4.78, 5) is 7.83. The van der Waals surface area contributed by atoms with Crippen LogP contribution in [0, 0.1) is 0 Å². The van der Waals surface area contributed by atoms with E-state index in [4.69, 9.17) is 15.3 Å². The van der Waals surface area contributed by atoms with Gasteiger partial charge in [0.2, 0.25) is 0 Å². The summed E-state index contributed by atoms with van der Waals surface area (Å²) in [7, 11) is 0. The molecule has 0 aliphatic heterocycles. The van der Waals surface area contributed by atoms with Crippen LogP contribution in [0.2, 0.25) is 0 Å². The fourth-order valence-corrected chi connectivity index (χ4v) is 1.26. The number of aliphatic hydroxyl groups excluding tert-OH is 4. The third kappa shape index (κ3) is 4.33. The number of hydrogen-bond donors (Lipinski definition) is 5. The second-order valence-electron chi connectivity index (χ2n) is 3.65. The molecule has 5 N–H and O–H groups in total. The Morgan fingerprint density at radius 3 is 2.41 bits per heavy atom. The van der Waals surface area contributed by atoms with Gasteiger partial charge < -0.3 is 25.5 Å². The molecule has 7 heteroatoms. The van der Waals surface area contributed by atoms with Crippen LogP contribution < -0.4 is 0 Å². The Morgan fingerprint density at radius 1 is 1.12 bits per heavy atom. The highest BCUT2D eigenvalue weighted by Crippen LogP contribution is 2.14. The van der Waals surface area contributed by atoms with E-state index in [2.05, 4.69) is 9.97 Å². The van der Waals surface area contributed by atoms with Gasteiger partial charge in [0.25, 0.3) is 0 Å². The van der Waals surface area contributed by atoms with Crippen molar-refractivity contribution in [1.29, 1.82) is 0 Å². The molecule has 1 aromatic heterocycles. The summed E-state index contributed by atoms with van der Waals surface area (Å²) in [6.07, 6.45) is -0.938. The first-order valence-electron chi connectivity index (χ1n) is 5.18. The molecule has 2 atom stereocenters. The molecule has 0 radical (unpaired) electrons. The summed E-state index contributed by atoms with van der Waals surface area (Å²) in [5.74, 6) is 0. The van der Waals surface area contributed by atoms with Gasteiger partial charge >= 0.3 is 0 Å². The molecule has 0 spiro atoms. The van der Waals surface area contributed by atoms with Crippen molar-refractivity contribution < 1.29 is 25.5 Å². The van der Waals surface area contributed by atoms with Crippen molar-refractivity contribution in [2.24, 2.45) is 0 Å². The zero-order valence-corrected chi connectivity index (χ0v) is 9.14. The monoisotopic (exact) mass is 244 g/mol. The van der Waals surface area contributed by atoms with Gasteiger partial charge in [-0.1, -0.05) is 0 Å². The van der Waals surface area contributed by atoms with E-state index in [1.54, 1.807) is 0 Å². The SMILES string of the molecule is OCC(O)C(O)c1cncc(CCC(O)O)n1. The van der Waals surface area contributed by atoms with E-state index in [-0.39, 0.29) is 12.1 Å². The van der Waals surface area contributed by atoms with Gasteiger partial charge in [-0.25, -0.2) is 0 Å². The largest absolute Gasteiger partial charge is 0.394 e. The van der Waals surface area contributed by atoms with Crippen LogP contribution in [0.1, 0.15) is 23.9 Å². The Morgan fingerprint density at radius 2 is 1.82 bits per heavy atom. The molecule has 0 aliphatic rings. The second-order valence-corrected chi connectivity index (χ2v) is 3.65. The summed E-state index contributed by atoms with van der Waals surface area (Å²) in [5, 5.41) is 44.9. The molecule has 0 saturated carbocycles. The van der Waals surface area contributed by atoms with Crippen molar-refractivity contribution in [3.05, 3.63) is 23.8 Å². The molecular weight excluding hydrogens is 228 g/mol. The lowest BCUT2D eigenvalue weighted by Crippen LogP contribution is -2.23. The minimum Gasteiger partial charge on any atom is -0.394 e. The fraction of sp³-hybridized carbons (Fsp3) is 0.600. The number of aromatic nitrogens is 2. The number of rotatable bonds is 6. The van der Waals surface area contributed by atoms with Gasteiger partial charge in [0.1, 0.15) is 12.2 Å². The maximum absolute atomic E-state index is 9.58. The first-order chi connectivity index (χ1) is 8.04. The van der Waals surface area contributed by atoms with E-state index in [0.29, 0.717) is 12.1 Å². The average molecular weight is 244 g/mol. The zero-order valence-electron chi connectivity index (χ0n) is 9.14. The van der Waals surface area contributed by atoms with Crippen LogP contribution >= 0.6 is 0 Å². The highest BCUT2D eigenvalue weighted by atomic mass is 16.5. The van der Waals surface area contributed by atoms with Gasteiger partial charge in [0.15, 0.2) is 6.29 Å². The molecule has 96 valence electrons. The zero-order chi connectivity index (χ0) is 12.8. The Hall–Kier alpha value is -1.12. The Kier molecular flexibility index (Phi) is 5.39. The standard InChI is InChI=1S/C10H16N2O5/c13-5-8(14)10(17)7-4-11-3-6(12-7)1-2-9(15)16/h3-4,8-10,13-17H,1-2,5H2. The number of nitrogens with zero attached hydrogens (tertiary/aromatic N) is 2. The van der Waals surface area contributed by atoms with Crippen LogP contribution in [-0.4, -0.2) is 54.5 Å². The van der Waals surface area contributed by atoms with Crippen molar-refractivity contribution in [3.8, 4) is 0 Å². The maximum Gasteiger partial charge on any atom is 0.151 e. The molecule has 2 unspecified atom stereocenters. The normalized spacial score (nSPS) is 14.9. The predicted octanol–water partition coefficient (Wildman–Crippen LogP) is -1.89. The fourth-order valence-electron chi connectivity index (χ4n) is 1.26. The lowest BCUT2D eigenvalue weighted by atomic mass is 10.1. The molecule has 0 amide bonds. The van der Waals surface area contributed by atoms with Crippen molar-refractivity contribution in [2.45, 2.75) is 31.3 Å². The van der Waals surface area contributed by atoms with Gasteiger partial charge in [-0.15, -0.1) is 0 Å².